The minimum absolute atomic E-state index is 0.00189. The summed E-state index contributed by atoms with van der Waals surface area (Å²) < 4.78 is 7.18. The number of nitrogens with zero attached hydrogens (tertiary/aromatic N) is 3. The van der Waals surface area contributed by atoms with Crippen molar-refractivity contribution in [1.29, 1.82) is 0 Å². The number of nitrogens with one attached hydrogen (secondary N) is 2. The fourth-order valence-electron chi connectivity index (χ4n) is 2.53. The van der Waals surface area contributed by atoms with Gasteiger partial charge in [-0.25, -0.2) is 4.98 Å². The van der Waals surface area contributed by atoms with Crippen molar-refractivity contribution in [3.05, 3.63) is 48.0 Å². The highest BCUT2D eigenvalue weighted by atomic mass is 16.5. The Bertz CT molecular complexity index is 790. The number of carbonyl (C=O) groups excluding carboxylic acids is 1. The van der Waals surface area contributed by atoms with Crippen LogP contribution in [-0.4, -0.2) is 32.3 Å². The maximum absolute atomic E-state index is 12.1. The smallest absolute Gasteiger partial charge is 0.246 e. The minimum atomic E-state index is -0.163. The van der Waals surface area contributed by atoms with E-state index in [-0.39, 0.29) is 18.6 Å². The highest BCUT2D eigenvalue weighted by Crippen LogP contribution is 2.18. The minimum Gasteiger partial charge on any atom is -0.365 e. The molecule has 0 bridgehead atoms. The number of aromatic nitrogens is 4. The fraction of sp³-hybridized carbons (Fsp3) is 0.353. The molecule has 0 spiro atoms. The first-order valence-corrected chi connectivity index (χ1v) is 7.96. The summed E-state index contributed by atoms with van der Waals surface area (Å²) in [6.45, 7) is 2.36. The van der Waals surface area contributed by atoms with E-state index in [0.717, 1.165) is 29.0 Å². The van der Waals surface area contributed by atoms with E-state index in [0.29, 0.717) is 6.61 Å². The average molecular weight is 327 g/mol. The van der Waals surface area contributed by atoms with Gasteiger partial charge in [-0.1, -0.05) is 19.1 Å². The van der Waals surface area contributed by atoms with Gasteiger partial charge in [0.2, 0.25) is 5.91 Å². The normalized spacial score (nSPS) is 12.4. The molecule has 24 heavy (non-hydrogen) atoms. The van der Waals surface area contributed by atoms with Crippen molar-refractivity contribution in [1.82, 2.24) is 25.1 Å². The maximum Gasteiger partial charge on any atom is 0.246 e. The highest BCUT2D eigenvalue weighted by Gasteiger charge is 2.16. The van der Waals surface area contributed by atoms with Crippen LogP contribution in [0.1, 0.15) is 30.9 Å². The molecule has 0 aliphatic rings. The number of aryl methyl sites for hydroxylation is 1. The Morgan fingerprint density at radius 2 is 2.21 bits per heavy atom. The lowest BCUT2D eigenvalue weighted by molar-refractivity contribution is -0.127. The van der Waals surface area contributed by atoms with Crippen molar-refractivity contribution in [2.45, 2.75) is 26.0 Å². The molecule has 0 saturated heterocycles. The molecule has 2 aromatic heterocycles. The molecule has 0 aliphatic carbocycles. The van der Waals surface area contributed by atoms with Gasteiger partial charge in [0.25, 0.3) is 0 Å². The molecule has 0 unspecified atom stereocenters. The van der Waals surface area contributed by atoms with E-state index < -0.39 is 0 Å². The van der Waals surface area contributed by atoms with E-state index in [1.54, 1.807) is 10.9 Å². The second kappa shape index (κ2) is 7.27. The standard InChI is InChI=1S/C17H21N5O2/c1-3-13(17-20-14-6-4-5-7-15(14)21-17)19-16(23)11-24-10-12-8-9-18-22(12)2/h4-9,13H,3,10-11H2,1-2H3,(H,19,23)(H,20,21)/t13-/m1/s1. The van der Waals surface area contributed by atoms with Gasteiger partial charge in [0, 0.05) is 13.2 Å². The number of rotatable bonds is 7. The molecule has 0 aliphatic heterocycles. The molecule has 1 aromatic carbocycles. The van der Waals surface area contributed by atoms with E-state index in [1.807, 2.05) is 44.3 Å². The van der Waals surface area contributed by atoms with Crippen molar-refractivity contribution in [3.63, 3.8) is 0 Å². The zero-order valence-electron chi connectivity index (χ0n) is 13.8. The van der Waals surface area contributed by atoms with E-state index in [1.165, 1.54) is 0 Å². The van der Waals surface area contributed by atoms with Crippen molar-refractivity contribution >= 4 is 16.9 Å². The van der Waals surface area contributed by atoms with Crippen LogP contribution >= 0.6 is 0 Å². The number of para-hydroxylation sites is 2. The molecule has 0 fully saturated rings. The number of amides is 1. The second-order valence-electron chi connectivity index (χ2n) is 5.61. The topological polar surface area (TPSA) is 84.8 Å². The summed E-state index contributed by atoms with van der Waals surface area (Å²) in [6, 6.07) is 9.51. The summed E-state index contributed by atoms with van der Waals surface area (Å²) >= 11 is 0. The molecular formula is C17H21N5O2. The summed E-state index contributed by atoms with van der Waals surface area (Å²) in [5.41, 5.74) is 2.78. The lowest BCUT2D eigenvalue weighted by Crippen LogP contribution is -2.32. The Hall–Kier alpha value is -2.67. The average Bonchev–Trinajstić information content (AvgIpc) is 3.19. The van der Waals surface area contributed by atoms with Gasteiger partial charge in [-0.2, -0.15) is 5.10 Å². The molecule has 126 valence electrons. The monoisotopic (exact) mass is 327 g/mol. The molecular weight excluding hydrogens is 306 g/mol. The highest BCUT2D eigenvalue weighted by molar-refractivity contribution is 5.78. The van der Waals surface area contributed by atoms with E-state index >= 15 is 0 Å². The molecule has 1 amide bonds. The Morgan fingerprint density at radius 1 is 1.38 bits per heavy atom. The van der Waals surface area contributed by atoms with Crippen LogP contribution in [0, 0.1) is 0 Å². The van der Waals surface area contributed by atoms with E-state index in [4.69, 9.17) is 4.74 Å². The van der Waals surface area contributed by atoms with Crippen LogP contribution in [0.5, 0.6) is 0 Å². The predicted molar refractivity (Wildman–Crippen MR) is 90.1 cm³/mol. The number of hydrogen-bond donors (Lipinski definition) is 2. The van der Waals surface area contributed by atoms with E-state index in [9.17, 15) is 4.79 Å². The zero-order chi connectivity index (χ0) is 16.9. The Labute approximate surface area is 140 Å². The molecule has 2 heterocycles. The lowest BCUT2D eigenvalue weighted by atomic mass is 10.2. The van der Waals surface area contributed by atoms with Crippen LogP contribution in [0.2, 0.25) is 0 Å². The summed E-state index contributed by atoms with van der Waals surface area (Å²) in [5, 5.41) is 7.02. The SMILES string of the molecule is CC[C@@H](NC(=O)COCc1ccnn1C)c1nc2ccccc2[nH]1. The van der Waals surface area contributed by atoms with Gasteiger partial charge in [-0.15, -0.1) is 0 Å². The third-order valence-corrected chi connectivity index (χ3v) is 3.89. The molecule has 2 N–H and O–H groups in total. The largest absolute Gasteiger partial charge is 0.365 e. The van der Waals surface area contributed by atoms with Crippen LogP contribution < -0.4 is 5.32 Å². The molecule has 7 nitrogen and oxygen atoms in total. The third-order valence-electron chi connectivity index (χ3n) is 3.89. The first kappa shape index (κ1) is 16.2. The molecule has 0 radical (unpaired) electrons. The molecule has 7 heteroatoms. The van der Waals surface area contributed by atoms with Gasteiger partial charge in [-0.3, -0.25) is 9.48 Å². The quantitative estimate of drug-likeness (QED) is 0.696. The number of H-pyrrole nitrogens is 1. The number of hydrogen-bond acceptors (Lipinski definition) is 4. The van der Waals surface area contributed by atoms with Gasteiger partial charge in [0.05, 0.1) is 29.4 Å². The molecule has 3 rings (SSSR count). The Balaban J connectivity index is 1.56. The van der Waals surface area contributed by atoms with Crippen molar-refractivity contribution < 1.29 is 9.53 Å². The zero-order valence-corrected chi connectivity index (χ0v) is 13.8. The van der Waals surface area contributed by atoms with Crippen molar-refractivity contribution in [2.24, 2.45) is 7.05 Å². The van der Waals surface area contributed by atoms with Crippen LogP contribution in [-0.2, 0) is 23.2 Å². The third kappa shape index (κ3) is 3.62. The molecule has 3 aromatic rings. The number of benzene rings is 1. The predicted octanol–water partition coefficient (Wildman–Crippen LogP) is 2.08. The first-order valence-electron chi connectivity index (χ1n) is 7.96. The fourth-order valence-corrected chi connectivity index (χ4v) is 2.53. The van der Waals surface area contributed by atoms with Gasteiger partial charge < -0.3 is 15.0 Å². The van der Waals surface area contributed by atoms with Crippen molar-refractivity contribution in [3.8, 4) is 0 Å². The van der Waals surface area contributed by atoms with Gasteiger partial charge in [0.1, 0.15) is 12.4 Å². The first-order chi connectivity index (χ1) is 11.7. The molecule has 0 saturated carbocycles. The van der Waals surface area contributed by atoms with Crippen LogP contribution in [0.25, 0.3) is 11.0 Å². The number of carbonyl (C=O) groups is 1. The number of fused-ring (bicyclic) bond motifs is 1. The Morgan fingerprint density at radius 3 is 2.92 bits per heavy atom. The van der Waals surface area contributed by atoms with E-state index in [2.05, 4.69) is 20.4 Å². The lowest BCUT2D eigenvalue weighted by Gasteiger charge is -2.14. The number of imidazole rings is 1. The van der Waals surface area contributed by atoms with Crippen LogP contribution in [0.3, 0.4) is 0 Å². The Kier molecular flexibility index (Phi) is 4.90. The van der Waals surface area contributed by atoms with Crippen LogP contribution in [0.15, 0.2) is 36.5 Å². The van der Waals surface area contributed by atoms with Gasteiger partial charge in [-0.05, 0) is 24.6 Å². The summed E-state index contributed by atoms with van der Waals surface area (Å²) in [4.78, 5) is 19.9. The summed E-state index contributed by atoms with van der Waals surface area (Å²) in [5.74, 6) is 0.600. The maximum atomic E-state index is 12.1. The number of ether oxygens (including phenoxy) is 1. The van der Waals surface area contributed by atoms with Gasteiger partial charge >= 0.3 is 0 Å². The molecule has 1 atom stereocenters. The van der Waals surface area contributed by atoms with Gasteiger partial charge in [0.15, 0.2) is 0 Å². The number of aromatic amines is 1. The summed E-state index contributed by atoms with van der Waals surface area (Å²) in [7, 11) is 1.84. The summed E-state index contributed by atoms with van der Waals surface area (Å²) in [6.07, 6.45) is 2.45. The van der Waals surface area contributed by atoms with Crippen LogP contribution in [0.4, 0.5) is 0 Å². The van der Waals surface area contributed by atoms with Crippen molar-refractivity contribution in [2.75, 3.05) is 6.61 Å². The second-order valence-corrected chi connectivity index (χ2v) is 5.61.